The van der Waals surface area contributed by atoms with Crippen molar-refractivity contribution in [3.8, 4) is 22.6 Å². The van der Waals surface area contributed by atoms with Crippen LogP contribution in [0.5, 0.6) is 5.75 Å². The molecule has 3 aromatic rings. The number of hydrogen-bond acceptors (Lipinski definition) is 4. The van der Waals surface area contributed by atoms with Crippen LogP contribution in [0.25, 0.3) is 16.8 Å². The molecule has 0 aliphatic rings. The molecule has 1 amide bonds. The van der Waals surface area contributed by atoms with Crippen LogP contribution in [0.3, 0.4) is 0 Å². The highest BCUT2D eigenvalue weighted by molar-refractivity contribution is 6.30. The Balaban J connectivity index is 2.19. The van der Waals surface area contributed by atoms with Gasteiger partial charge in [-0.3, -0.25) is 9.78 Å². The molecular weight excluding hydrogens is 316 g/mol. The summed E-state index contributed by atoms with van der Waals surface area (Å²) in [5.41, 5.74) is 7.58. The average Bonchev–Trinajstić information content (AvgIpc) is 3.01. The fraction of sp³-hybridized carbons (Fsp3) is 0.0625. The number of carbonyl (C=O) groups is 1. The van der Waals surface area contributed by atoms with Gasteiger partial charge in [-0.1, -0.05) is 11.6 Å². The van der Waals surface area contributed by atoms with Crippen LogP contribution in [-0.4, -0.2) is 27.8 Å². The van der Waals surface area contributed by atoms with E-state index in [1.165, 1.54) is 7.11 Å². The minimum absolute atomic E-state index is 0.148. The number of methoxy groups -OCH3 is 1. The second-order valence-corrected chi connectivity index (χ2v) is 5.19. The maximum atomic E-state index is 11.8. The third-order valence-corrected chi connectivity index (χ3v) is 3.55. The Morgan fingerprint density at radius 1 is 1.30 bits per heavy atom. The van der Waals surface area contributed by atoms with E-state index in [0.29, 0.717) is 27.6 Å². The van der Waals surface area contributed by atoms with Gasteiger partial charge < -0.3 is 10.5 Å². The standard InChI is InChI=1S/C16H13ClN4O2/c1-23-14-7-10(17)4-5-12(14)13-9-21(20-15(13)16(18)22)11-3-2-6-19-8-11/h2-9H,1H3,(H2,18,22). The molecule has 0 saturated carbocycles. The van der Waals surface area contributed by atoms with Crippen LogP contribution in [0.4, 0.5) is 0 Å². The van der Waals surface area contributed by atoms with Crippen molar-refractivity contribution < 1.29 is 9.53 Å². The minimum Gasteiger partial charge on any atom is -0.496 e. The SMILES string of the molecule is COc1cc(Cl)ccc1-c1cn(-c2cccnc2)nc1C(N)=O. The second kappa shape index (κ2) is 6.10. The van der Waals surface area contributed by atoms with Gasteiger partial charge in [0.15, 0.2) is 5.69 Å². The van der Waals surface area contributed by atoms with E-state index in [4.69, 9.17) is 22.1 Å². The molecule has 0 radical (unpaired) electrons. The average molecular weight is 329 g/mol. The van der Waals surface area contributed by atoms with Gasteiger partial charge in [-0.2, -0.15) is 5.10 Å². The molecule has 2 aromatic heterocycles. The molecule has 0 unspecified atom stereocenters. The van der Waals surface area contributed by atoms with Gasteiger partial charge in [-0.05, 0) is 30.3 Å². The fourth-order valence-electron chi connectivity index (χ4n) is 2.26. The summed E-state index contributed by atoms with van der Waals surface area (Å²) < 4.78 is 6.90. The van der Waals surface area contributed by atoms with Gasteiger partial charge in [0.2, 0.25) is 0 Å². The molecule has 6 nitrogen and oxygen atoms in total. The van der Waals surface area contributed by atoms with Gasteiger partial charge in [0, 0.05) is 28.5 Å². The molecule has 2 N–H and O–H groups in total. The Morgan fingerprint density at radius 3 is 2.78 bits per heavy atom. The lowest BCUT2D eigenvalue weighted by Crippen LogP contribution is -2.13. The molecule has 2 heterocycles. The first kappa shape index (κ1) is 15.1. The highest BCUT2D eigenvalue weighted by Gasteiger charge is 2.19. The number of carbonyl (C=O) groups excluding carboxylic acids is 1. The van der Waals surface area contributed by atoms with Crippen LogP contribution in [0.15, 0.2) is 48.9 Å². The molecule has 0 aliphatic heterocycles. The van der Waals surface area contributed by atoms with Gasteiger partial charge in [-0.15, -0.1) is 0 Å². The monoisotopic (exact) mass is 328 g/mol. The largest absolute Gasteiger partial charge is 0.496 e. The number of nitrogens with two attached hydrogens (primary N) is 1. The first-order valence-electron chi connectivity index (χ1n) is 6.74. The Labute approximate surface area is 137 Å². The van der Waals surface area contributed by atoms with Crippen molar-refractivity contribution >= 4 is 17.5 Å². The van der Waals surface area contributed by atoms with Crippen molar-refractivity contribution in [2.75, 3.05) is 7.11 Å². The molecule has 116 valence electrons. The number of benzene rings is 1. The van der Waals surface area contributed by atoms with Gasteiger partial charge in [0.1, 0.15) is 5.75 Å². The van der Waals surface area contributed by atoms with Crippen LogP contribution in [-0.2, 0) is 0 Å². The zero-order valence-corrected chi connectivity index (χ0v) is 13.0. The van der Waals surface area contributed by atoms with E-state index in [0.717, 1.165) is 0 Å². The summed E-state index contributed by atoms with van der Waals surface area (Å²) in [6.07, 6.45) is 5.01. The molecule has 1 aromatic carbocycles. The fourth-order valence-corrected chi connectivity index (χ4v) is 2.42. The predicted octanol–water partition coefficient (Wildman–Crippen LogP) is 2.70. The van der Waals surface area contributed by atoms with Gasteiger partial charge in [0.25, 0.3) is 5.91 Å². The van der Waals surface area contributed by atoms with E-state index in [-0.39, 0.29) is 5.69 Å². The van der Waals surface area contributed by atoms with Gasteiger partial charge >= 0.3 is 0 Å². The molecule has 0 saturated heterocycles. The first-order chi connectivity index (χ1) is 11.1. The molecule has 0 spiro atoms. The molecule has 0 bridgehead atoms. The third kappa shape index (κ3) is 2.89. The lowest BCUT2D eigenvalue weighted by atomic mass is 10.1. The topological polar surface area (TPSA) is 83.0 Å². The van der Waals surface area contributed by atoms with E-state index < -0.39 is 5.91 Å². The number of nitrogens with zero attached hydrogens (tertiary/aromatic N) is 3. The molecule has 0 fully saturated rings. The van der Waals surface area contributed by atoms with E-state index >= 15 is 0 Å². The van der Waals surface area contributed by atoms with E-state index in [2.05, 4.69) is 10.1 Å². The quantitative estimate of drug-likeness (QED) is 0.798. The highest BCUT2D eigenvalue weighted by Crippen LogP contribution is 2.34. The smallest absolute Gasteiger partial charge is 0.269 e. The molecular formula is C16H13ClN4O2. The second-order valence-electron chi connectivity index (χ2n) is 4.76. The number of pyridine rings is 1. The molecule has 3 rings (SSSR count). The number of amides is 1. The number of halogens is 1. The summed E-state index contributed by atoms with van der Waals surface area (Å²) >= 11 is 5.99. The maximum absolute atomic E-state index is 11.8. The van der Waals surface area contributed by atoms with Gasteiger partial charge in [0.05, 0.1) is 19.0 Å². The first-order valence-corrected chi connectivity index (χ1v) is 7.11. The van der Waals surface area contributed by atoms with Crippen LogP contribution in [0, 0.1) is 0 Å². The van der Waals surface area contributed by atoms with E-state index in [9.17, 15) is 4.79 Å². The Bertz CT molecular complexity index is 862. The van der Waals surface area contributed by atoms with Crippen molar-refractivity contribution in [2.24, 2.45) is 5.73 Å². The highest BCUT2D eigenvalue weighted by atomic mass is 35.5. The summed E-state index contributed by atoms with van der Waals surface area (Å²) in [6.45, 7) is 0. The van der Waals surface area contributed by atoms with Crippen molar-refractivity contribution in [1.29, 1.82) is 0 Å². The van der Waals surface area contributed by atoms with Crippen LogP contribution in [0.2, 0.25) is 5.02 Å². The number of ether oxygens (including phenoxy) is 1. The number of hydrogen-bond donors (Lipinski definition) is 1. The summed E-state index contributed by atoms with van der Waals surface area (Å²) in [4.78, 5) is 15.8. The van der Waals surface area contributed by atoms with Crippen LogP contribution < -0.4 is 10.5 Å². The maximum Gasteiger partial charge on any atom is 0.269 e. The molecule has 0 aliphatic carbocycles. The van der Waals surface area contributed by atoms with Crippen molar-refractivity contribution in [1.82, 2.24) is 14.8 Å². The number of primary amides is 1. The normalized spacial score (nSPS) is 10.5. The zero-order valence-electron chi connectivity index (χ0n) is 12.2. The molecule has 7 heteroatoms. The van der Waals surface area contributed by atoms with Gasteiger partial charge in [-0.25, -0.2) is 4.68 Å². The Morgan fingerprint density at radius 2 is 2.13 bits per heavy atom. The zero-order chi connectivity index (χ0) is 16.4. The lowest BCUT2D eigenvalue weighted by molar-refractivity contribution is 0.0996. The summed E-state index contributed by atoms with van der Waals surface area (Å²) in [5, 5.41) is 4.80. The summed E-state index contributed by atoms with van der Waals surface area (Å²) in [6, 6.07) is 8.75. The lowest BCUT2D eigenvalue weighted by Gasteiger charge is -2.08. The third-order valence-electron chi connectivity index (χ3n) is 3.31. The van der Waals surface area contributed by atoms with Crippen LogP contribution in [0.1, 0.15) is 10.5 Å². The number of rotatable bonds is 4. The molecule has 23 heavy (non-hydrogen) atoms. The predicted molar refractivity (Wildman–Crippen MR) is 86.9 cm³/mol. The summed E-state index contributed by atoms with van der Waals surface area (Å²) in [5.74, 6) is -0.0922. The number of aromatic nitrogens is 3. The van der Waals surface area contributed by atoms with Crippen molar-refractivity contribution in [3.63, 3.8) is 0 Å². The Kier molecular flexibility index (Phi) is 3.99. The van der Waals surface area contributed by atoms with Crippen molar-refractivity contribution in [3.05, 3.63) is 59.6 Å². The van der Waals surface area contributed by atoms with E-state index in [1.807, 2.05) is 6.07 Å². The van der Waals surface area contributed by atoms with E-state index in [1.54, 1.807) is 47.5 Å². The minimum atomic E-state index is -0.625. The summed E-state index contributed by atoms with van der Waals surface area (Å²) in [7, 11) is 1.53. The van der Waals surface area contributed by atoms with Crippen molar-refractivity contribution in [2.45, 2.75) is 0 Å². The van der Waals surface area contributed by atoms with Crippen LogP contribution >= 0.6 is 11.6 Å². The molecule has 0 atom stereocenters. The Hall–Kier alpha value is -2.86.